The maximum Gasteiger partial charge on any atom is 0.273 e. The Hall–Kier alpha value is -3.85. The summed E-state index contributed by atoms with van der Waals surface area (Å²) < 4.78 is 36.7. The number of rotatable bonds is 9. The monoisotopic (exact) mass is 659 g/mol. The molecule has 3 heterocycles. The van der Waals surface area contributed by atoms with E-state index < -0.39 is 23.4 Å². The van der Waals surface area contributed by atoms with Crippen LogP contribution in [0.2, 0.25) is 5.02 Å². The number of morpholine rings is 1. The van der Waals surface area contributed by atoms with Gasteiger partial charge in [-0.05, 0) is 52.9 Å². The molecule has 4 N–H and O–H groups in total. The number of hydrogen-bond donors (Lipinski definition) is 3. The van der Waals surface area contributed by atoms with Gasteiger partial charge in [0.1, 0.15) is 5.69 Å². The highest BCUT2D eigenvalue weighted by atomic mass is 35.5. The van der Waals surface area contributed by atoms with E-state index in [4.69, 9.17) is 22.1 Å². The lowest BCUT2D eigenvalue weighted by Crippen LogP contribution is -2.55. The summed E-state index contributed by atoms with van der Waals surface area (Å²) in [7, 11) is 2.03. The first-order valence-corrected chi connectivity index (χ1v) is 15.7. The lowest BCUT2D eigenvalue weighted by atomic mass is 10.1. The van der Waals surface area contributed by atoms with Gasteiger partial charge in [0, 0.05) is 56.4 Å². The van der Waals surface area contributed by atoms with Crippen molar-refractivity contribution in [2.45, 2.75) is 39.3 Å². The van der Waals surface area contributed by atoms with Crippen LogP contribution in [-0.4, -0.2) is 108 Å². The van der Waals surface area contributed by atoms with Gasteiger partial charge in [0.05, 0.1) is 47.1 Å². The third-order valence-electron chi connectivity index (χ3n) is 8.72. The van der Waals surface area contributed by atoms with Gasteiger partial charge in [-0.15, -0.1) is 5.10 Å². The molecule has 0 radical (unpaired) electrons. The number of carbonyl (C=O) groups excluding carboxylic acids is 2. The number of carbonyl (C=O) groups is 2. The summed E-state index contributed by atoms with van der Waals surface area (Å²) in [4.78, 5) is 32.8. The van der Waals surface area contributed by atoms with E-state index in [0.29, 0.717) is 38.5 Å². The Morgan fingerprint density at radius 2 is 1.78 bits per heavy atom. The first-order chi connectivity index (χ1) is 21.9. The second-order valence-electron chi connectivity index (χ2n) is 11.9. The van der Waals surface area contributed by atoms with Gasteiger partial charge in [0.25, 0.3) is 11.8 Å². The van der Waals surface area contributed by atoms with Gasteiger partial charge in [-0.3, -0.25) is 19.4 Å². The van der Waals surface area contributed by atoms with E-state index in [9.17, 15) is 14.0 Å². The lowest BCUT2D eigenvalue weighted by molar-refractivity contribution is 0.0374. The van der Waals surface area contributed by atoms with Crippen molar-refractivity contribution in [2.75, 3.05) is 75.5 Å². The number of likely N-dealkylation sites (N-methyl/N-ethyl adjacent to an activating group) is 1. The molecule has 5 rings (SSSR count). The van der Waals surface area contributed by atoms with Crippen molar-refractivity contribution in [3.8, 4) is 5.69 Å². The molecule has 248 valence electrons. The standard InChI is InChI=1S/C31H40ClF2N9O3/c1-18-15-42(16-19(2)40(18)4)27-13-22(33)26(14-24(27)37-30(44)21-12-23(35)29(34)20(3)28(21)32)43-17-25(38-39-43)31(45)36-6-5-7-41-8-10-46-11-9-41/h12-14,17-19H,5-11,15-16,35H2,1-4H3,(H,36,45)(H,37,44)/t18-,19+. The fourth-order valence-electron chi connectivity index (χ4n) is 5.75. The highest BCUT2D eigenvalue weighted by Crippen LogP contribution is 2.35. The maximum atomic E-state index is 15.8. The molecule has 2 amide bonds. The number of nitrogens with one attached hydrogen (secondary N) is 2. The molecule has 46 heavy (non-hydrogen) atoms. The number of nitrogens with zero attached hydrogens (tertiary/aromatic N) is 6. The first kappa shape index (κ1) is 33.5. The molecule has 3 aromatic rings. The minimum Gasteiger partial charge on any atom is -0.396 e. The molecule has 2 saturated heterocycles. The topological polar surface area (TPSA) is 134 Å². The van der Waals surface area contributed by atoms with Crippen LogP contribution in [0.1, 0.15) is 46.7 Å². The van der Waals surface area contributed by atoms with Gasteiger partial charge in [-0.2, -0.15) is 0 Å². The van der Waals surface area contributed by atoms with Gasteiger partial charge in [0.2, 0.25) is 0 Å². The zero-order valence-corrected chi connectivity index (χ0v) is 27.2. The molecule has 2 aliphatic rings. The molecular formula is C31H40ClF2N9O3. The molecule has 0 saturated carbocycles. The van der Waals surface area contributed by atoms with Gasteiger partial charge in [0.15, 0.2) is 17.3 Å². The van der Waals surface area contributed by atoms with E-state index >= 15 is 4.39 Å². The zero-order valence-electron chi connectivity index (χ0n) is 26.4. The van der Waals surface area contributed by atoms with E-state index in [1.807, 2.05) is 11.9 Å². The predicted molar refractivity (Wildman–Crippen MR) is 173 cm³/mol. The molecule has 12 nitrogen and oxygen atoms in total. The maximum absolute atomic E-state index is 15.8. The molecule has 2 aromatic carbocycles. The van der Waals surface area contributed by atoms with E-state index in [0.717, 1.165) is 30.7 Å². The predicted octanol–water partition coefficient (Wildman–Crippen LogP) is 3.32. The van der Waals surface area contributed by atoms with Crippen molar-refractivity contribution >= 4 is 40.5 Å². The number of piperazine rings is 1. The smallest absolute Gasteiger partial charge is 0.273 e. The fraction of sp³-hybridized carbons (Fsp3) is 0.484. The molecular weight excluding hydrogens is 620 g/mol. The molecule has 2 aliphatic heterocycles. The number of anilines is 3. The lowest BCUT2D eigenvalue weighted by Gasteiger charge is -2.44. The summed E-state index contributed by atoms with van der Waals surface area (Å²) in [5, 5.41) is 13.5. The summed E-state index contributed by atoms with van der Waals surface area (Å²) in [5.41, 5.74) is 6.30. The summed E-state index contributed by atoms with van der Waals surface area (Å²) in [6.07, 6.45) is 2.09. The van der Waals surface area contributed by atoms with E-state index in [-0.39, 0.29) is 51.0 Å². The Bertz CT molecular complexity index is 1590. The van der Waals surface area contributed by atoms with Crippen molar-refractivity contribution in [2.24, 2.45) is 0 Å². The number of halogens is 3. The third-order valence-corrected chi connectivity index (χ3v) is 9.21. The normalized spacial score (nSPS) is 19.3. The van der Waals surface area contributed by atoms with Crippen LogP contribution in [0.25, 0.3) is 5.69 Å². The van der Waals surface area contributed by atoms with Crippen LogP contribution < -0.4 is 21.3 Å². The number of benzene rings is 2. The summed E-state index contributed by atoms with van der Waals surface area (Å²) in [6.45, 7) is 11.2. The molecule has 0 aliphatic carbocycles. The second kappa shape index (κ2) is 14.3. The number of amides is 2. The second-order valence-corrected chi connectivity index (χ2v) is 12.3. The average Bonchev–Trinajstić information content (AvgIpc) is 3.53. The Balaban J connectivity index is 1.40. The van der Waals surface area contributed by atoms with Crippen LogP contribution in [0, 0.1) is 18.6 Å². The average molecular weight is 660 g/mol. The minimum atomic E-state index is -0.699. The summed E-state index contributed by atoms with van der Waals surface area (Å²) >= 11 is 6.34. The van der Waals surface area contributed by atoms with Crippen LogP contribution in [-0.2, 0) is 4.74 Å². The van der Waals surface area contributed by atoms with Crippen molar-refractivity contribution in [1.29, 1.82) is 0 Å². The Morgan fingerprint density at radius 3 is 2.48 bits per heavy atom. The quantitative estimate of drug-likeness (QED) is 0.234. The molecule has 0 spiro atoms. The molecule has 2 atom stereocenters. The van der Waals surface area contributed by atoms with Gasteiger partial charge < -0.3 is 26.0 Å². The Kier molecular flexibility index (Phi) is 10.4. The molecule has 1 aromatic heterocycles. The number of aromatic nitrogens is 3. The highest BCUT2D eigenvalue weighted by Gasteiger charge is 2.30. The summed E-state index contributed by atoms with van der Waals surface area (Å²) in [6, 6.07) is 4.23. The zero-order chi connectivity index (χ0) is 33.1. The Labute approximate surface area is 271 Å². The van der Waals surface area contributed by atoms with Crippen LogP contribution >= 0.6 is 11.6 Å². The SMILES string of the molecule is Cc1c(F)c(N)cc(C(=O)Nc2cc(-n3cc(C(=O)NCCCN4CCOCC4)nn3)c(F)cc2N2C[C@@H](C)N(C)[C@@H](C)C2)c1Cl. The molecule has 15 heteroatoms. The Morgan fingerprint density at radius 1 is 1.09 bits per heavy atom. The number of hydrogen-bond acceptors (Lipinski definition) is 9. The largest absolute Gasteiger partial charge is 0.396 e. The highest BCUT2D eigenvalue weighted by molar-refractivity contribution is 6.35. The fourth-order valence-corrected chi connectivity index (χ4v) is 5.97. The van der Waals surface area contributed by atoms with Crippen LogP contribution in [0.15, 0.2) is 24.4 Å². The van der Waals surface area contributed by atoms with Crippen LogP contribution in [0.5, 0.6) is 0 Å². The number of nitrogens with two attached hydrogens (primary N) is 1. The van der Waals surface area contributed by atoms with Crippen molar-refractivity contribution in [3.05, 3.63) is 57.9 Å². The first-order valence-electron chi connectivity index (χ1n) is 15.3. The van der Waals surface area contributed by atoms with E-state index in [1.54, 1.807) is 0 Å². The molecule has 2 fully saturated rings. The van der Waals surface area contributed by atoms with Crippen LogP contribution in [0.4, 0.5) is 25.8 Å². The minimum absolute atomic E-state index is 0.0196. The van der Waals surface area contributed by atoms with Gasteiger partial charge in [-0.25, -0.2) is 13.5 Å². The third kappa shape index (κ3) is 7.25. The van der Waals surface area contributed by atoms with Gasteiger partial charge >= 0.3 is 0 Å². The number of nitrogen functional groups attached to an aromatic ring is 1. The van der Waals surface area contributed by atoms with Crippen molar-refractivity contribution < 1.29 is 23.1 Å². The van der Waals surface area contributed by atoms with E-state index in [1.165, 1.54) is 31.3 Å². The summed E-state index contributed by atoms with van der Waals surface area (Å²) in [5.74, 6) is -2.41. The van der Waals surface area contributed by atoms with Crippen molar-refractivity contribution in [1.82, 2.24) is 30.1 Å². The van der Waals surface area contributed by atoms with Crippen LogP contribution in [0.3, 0.4) is 0 Å². The molecule has 0 unspecified atom stereocenters. The molecule has 0 bridgehead atoms. The van der Waals surface area contributed by atoms with E-state index in [2.05, 4.69) is 44.6 Å². The number of ether oxygens (including phenoxy) is 1. The van der Waals surface area contributed by atoms with Gasteiger partial charge in [-0.1, -0.05) is 16.8 Å². The van der Waals surface area contributed by atoms with Crippen molar-refractivity contribution in [3.63, 3.8) is 0 Å².